The molecule has 1 aliphatic heterocycles. The van der Waals surface area contributed by atoms with Gasteiger partial charge in [-0.25, -0.2) is 0 Å². The lowest BCUT2D eigenvalue weighted by Gasteiger charge is -2.20. The number of halogens is 3. The summed E-state index contributed by atoms with van der Waals surface area (Å²) < 4.78 is 45.6. The zero-order valence-corrected chi connectivity index (χ0v) is 15.9. The third-order valence-electron chi connectivity index (χ3n) is 6.08. The first-order chi connectivity index (χ1) is 13.5. The van der Waals surface area contributed by atoms with Crippen LogP contribution >= 0.6 is 0 Å². The van der Waals surface area contributed by atoms with E-state index in [2.05, 4.69) is 22.8 Å². The van der Waals surface area contributed by atoms with E-state index in [1.807, 2.05) is 24.3 Å². The summed E-state index contributed by atoms with van der Waals surface area (Å²) in [6.07, 6.45) is -2.56. The Hall–Kier alpha value is -2.05. The van der Waals surface area contributed by atoms with E-state index in [0.29, 0.717) is 30.3 Å². The van der Waals surface area contributed by atoms with Gasteiger partial charge in [0, 0.05) is 18.5 Å². The monoisotopic (exact) mass is 391 g/mol. The van der Waals surface area contributed by atoms with E-state index >= 15 is 0 Å². The van der Waals surface area contributed by atoms with Crippen molar-refractivity contribution in [2.45, 2.75) is 50.0 Å². The highest BCUT2D eigenvalue weighted by atomic mass is 19.4. The summed E-state index contributed by atoms with van der Waals surface area (Å²) in [7, 11) is 1.59. The Bertz CT molecular complexity index is 823. The predicted octanol–water partition coefficient (Wildman–Crippen LogP) is 3.45. The van der Waals surface area contributed by atoms with Crippen LogP contribution in [0.4, 0.5) is 13.2 Å². The average Bonchev–Trinajstić information content (AvgIpc) is 3.32. The second kappa shape index (κ2) is 7.76. The van der Waals surface area contributed by atoms with Crippen LogP contribution in [0.15, 0.2) is 42.5 Å². The Morgan fingerprint density at radius 3 is 2.64 bits per heavy atom. The first-order valence-electron chi connectivity index (χ1n) is 9.85. The summed E-state index contributed by atoms with van der Waals surface area (Å²) in [6.45, 7) is 1.55. The molecule has 0 spiro atoms. The van der Waals surface area contributed by atoms with Gasteiger partial charge in [-0.05, 0) is 41.7 Å². The van der Waals surface area contributed by atoms with E-state index in [4.69, 9.17) is 4.74 Å². The highest BCUT2D eigenvalue weighted by molar-refractivity contribution is 5.47. The lowest BCUT2D eigenvalue weighted by Crippen LogP contribution is -2.89. The number of ether oxygens (including phenoxy) is 1. The van der Waals surface area contributed by atoms with Gasteiger partial charge in [0.2, 0.25) is 0 Å². The third kappa shape index (κ3) is 3.76. The minimum absolute atomic E-state index is 0.137. The fourth-order valence-corrected chi connectivity index (χ4v) is 4.65. The Morgan fingerprint density at radius 1 is 1.14 bits per heavy atom. The molecule has 1 fully saturated rings. The SMILES string of the molecule is COc1cc2c(cc1C[NH2+]C1CCN[C@H]1c1ccccc1)C(C(F)(F)F)CC2. The number of rotatable bonds is 5. The summed E-state index contributed by atoms with van der Waals surface area (Å²) in [5.74, 6) is -0.655. The maximum Gasteiger partial charge on any atom is 0.395 e. The molecular weight excluding hydrogens is 365 g/mol. The Labute approximate surface area is 163 Å². The molecule has 0 radical (unpaired) electrons. The molecule has 150 valence electrons. The molecule has 3 atom stereocenters. The van der Waals surface area contributed by atoms with Crippen LogP contribution < -0.4 is 15.4 Å². The van der Waals surface area contributed by atoms with Crippen LogP contribution in [0.1, 0.15) is 47.1 Å². The van der Waals surface area contributed by atoms with Gasteiger partial charge in [0.05, 0.1) is 19.1 Å². The number of hydrogen-bond donors (Lipinski definition) is 2. The maximum absolute atomic E-state index is 13.4. The number of methoxy groups -OCH3 is 1. The minimum Gasteiger partial charge on any atom is -0.496 e. The summed E-state index contributed by atoms with van der Waals surface area (Å²) in [4.78, 5) is 0. The van der Waals surface area contributed by atoms with Crippen LogP contribution in [-0.2, 0) is 13.0 Å². The Morgan fingerprint density at radius 2 is 1.93 bits per heavy atom. The number of alkyl halides is 3. The van der Waals surface area contributed by atoms with Crippen molar-refractivity contribution < 1.29 is 23.2 Å². The van der Waals surface area contributed by atoms with Crippen LogP contribution in [0.3, 0.4) is 0 Å². The lowest BCUT2D eigenvalue weighted by molar-refractivity contribution is -0.705. The zero-order chi connectivity index (χ0) is 19.7. The number of quaternary nitrogens is 1. The summed E-state index contributed by atoms with van der Waals surface area (Å²) in [5.41, 5.74) is 3.30. The molecule has 0 amide bonds. The smallest absolute Gasteiger partial charge is 0.395 e. The molecule has 0 bridgehead atoms. The molecule has 4 rings (SSSR count). The van der Waals surface area contributed by atoms with Crippen molar-refractivity contribution in [3.05, 3.63) is 64.7 Å². The fourth-order valence-electron chi connectivity index (χ4n) is 4.65. The topological polar surface area (TPSA) is 37.9 Å². The zero-order valence-electron chi connectivity index (χ0n) is 15.9. The number of hydrogen-bond acceptors (Lipinski definition) is 2. The van der Waals surface area contributed by atoms with Crippen LogP contribution in [0.25, 0.3) is 0 Å². The number of aryl methyl sites for hydroxylation is 1. The van der Waals surface area contributed by atoms with Crippen molar-refractivity contribution in [1.29, 1.82) is 0 Å². The van der Waals surface area contributed by atoms with Gasteiger partial charge in [-0.3, -0.25) is 0 Å². The molecule has 28 heavy (non-hydrogen) atoms. The highest BCUT2D eigenvalue weighted by Gasteiger charge is 2.44. The van der Waals surface area contributed by atoms with Gasteiger partial charge in [-0.1, -0.05) is 30.3 Å². The summed E-state index contributed by atoms with van der Waals surface area (Å²) in [6, 6.07) is 14.5. The van der Waals surface area contributed by atoms with Crippen molar-refractivity contribution in [2.24, 2.45) is 0 Å². The van der Waals surface area contributed by atoms with Crippen molar-refractivity contribution in [1.82, 2.24) is 5.32 Å². The van der Waals surface area contributed by atoms with E-state index in [-0.39, 0.29) is 12.5 Å². The molecule has 3 N–H and O–H groups in total. The highest BCUT2D eigenvalue weighted by Crippen LogP contribution is 2.46. The normalized spacial score (nSPS) is 24.4. The molecule has 2 aromatic carbocycles. The molecular formula is C22H26F3N2O+. The van der Waals surface area contributed by atoms with Crippen LogP contribution in [0.5, 0.6) is 5.75 Å². The van der Waals surface area contributed by atoms with Crippen LogP contribution in [-0.4, -0.2) is 25.9 Å². The molecule has 3 nitrogen and oxygen atoms in total. The van der Waals surface area contributed by atoms with Gasteiger partial charge >= 0.3 is 6.18 Å². The Balaban J connectivity index is 1.53. The minimum atomic E-state index is -4.19. The van der Waals surface area contributed by atoms with Crippen LogP contribution in [0, 0.1) is 0 Å². The van der Waals surface area contributed by atoms with Gasteiger partial charge in [-0.15, -0.1) is 0 Å². The van der Waals surface area contributed by atoms with E-state index < -0.39 is 12.1 Å². The predicted molar refractivity (Wildman–Crippen MR) is 101 cm³/mol. The number of nitrogens with one attached hydrogen (secondary N) is 1. The molecule has 0 aromatic heterocycles. The van der Waals surface area contributed by atoms with E-state index in [0.717, 1.165) is 24.1 Å². The molecule has 2 aromatic rings. The second-order valence-corrected chi connectivity index (χ2v) is 7.73. The quantitative estimate of drug-likeness (QED) is 0.819. The first-order valence-corrected chi connectivity index (χ1v) is 9.85. The van der Waals surface area contributed by atoms with E-state index in [1.54, 1.807) is 13.2 Å². The Kier molecular flexibility index (Phi) is 5.34. The summed E-state index contributed by atoms with van der Waals surface area (Å²) >= 11 is 0. The number of fused-ring (bicyclic) bond motifs is 1. The van der Waals surface area contributed by atoms with Gasteiger partial charge in [0.15, 0.2) is 0 Å². The second-order valence-electron chi connectivity index (χ2n) is 7.73. The number of nitrogens with two attached hydrogens (primary N) is 1. The van der Waals surface area contributed by atoms with Gasteiger partial charge in [-0.2, -0.15) is 13.2 Å². The third-order valence-corrected chi connectivity index (χ3v) is 6.08. The number of benzene rings is 2. The average molecular weight is 391 g/mol. The van der Waals surface area contributed by atoms with Gasteiger partial charge < -0.3 is 15.4 Å². The van der Waals surface area contributed by atoms with Gasteiger partial charge in [0.1, 0.15) is 18.3 Å². The van der Waals surface area contributed by atoms with Crippen molar-refractivity contribution in [3.8, 4) is 5.75 Å². The lowest BCUT2D eigenvalue weighted by atomic mass is 9.97. The molecule has 1 saturated heterocycles. The fraction of sp³-hybridized carbons (Fsp3) is 0.455. The van der Waals surface area contributed by atoms with Crippen molar-refractivity contribution in [2.75, 3.05) is 13.7 Å². The van der Waals surface area contributed by atoms with Gasteiger partial charge in [0.25, 0.3) is 0 Å². The molecule has 6 heteroatoms. The standard InChI is InChI=1S/C22H25F3N2O/c1-28-20-12-15-7-8-18(22(23,24)25)17(15)11-16(20)13-27-19-9-10-26-21(19)14-5-3-2-4-6-14/h2-6,11-12,18-19,21,26-27H,7-10,13H2,1H3/p+1/t18?,19?,21-/m0/s1. The molecule has 1 aliphatic carbocycles. The maximum atomic E-state index is 13.4. The van der Waals surface area contributed by atoms with Crippen LogP contribution in [0.2, 0.25) is 0 Å². The molecule has 0 saturated carbocycles. The molecule has 2 aliphatic rings. The van der Waals surface area contributed by atoms with E-state index in [1.165, 1.54) is 5.56 Å². The first kappa shape index (κ1) is 19.3. The molecule has 1 heterocycles. The molecule has 2 unspecified atom stereocenters. The van der Waals surface area contributed by atoms with E-state index in [9.17, 15) is 13.2 Å². The van der Waals surface area contributed by atoms with Crippen molar-refractivity contribution in [3.63, 3.8) is 0 Å². The largest absolute Gasteiger partial charge is 0.496 e. The van der Waals surface area contributed by atoms with Crippen molar-refractivity contribution >= 4 is 0 Å². The summed E-state index contributed by atoms with van der Waals surface area (Å²) in [5, 5.41) is 5.78.